The monoisotopic (exact) mass is 294 g/mol. The second kappa shape index (κ2) is 6.96. The summed E-state index contributed by atoms with van der Waals surface area (Å²) in [6, 6.07) is 3.18. The maximum Gasteiger partial charge on any atom is 0.0640 e. The van der Waals surface area contributed by atoms with Gasteiger partial charge in [-0.25, -0.2) is 0 Å². The van der Waals surface area contributed by atoms with Crippen LogP contribution in [-0.4, -0.2) is 27.3 Å². The van der Waals surface area contributed by atoms with Crippen LogP contribution in [0.25, 0.3) is 0 Å². The summed E-state index contributed by atoms with van der Waals surface area (Å²) in [4.78, 5) is 0. The molecule has 2 fully saturated rings. The first kappa shape index (κ1) is 14.4. The molecular weight excluding hydrogens is 268 g/mol. The molecule has 3 rings (SSSR count). The highest BCUT2D eigenvalue weighted by Gasteiger charge is 2.25. The van der Waals surface area contributed by atoms with E-state index in [4.69, 9.17) is 10.9 Å². The van der Waals surface area contributed by atoms with Gasteiger partial charge < -0.3 is 0 Å². The Hall–Kier alpha value is -0.520. The number of nitrogens with zero attached hydrogens (tertiary/aromatic N) is 2. The summed E-state index contributed by atoms with van der Waals surface area (Å²) in [5.74, 6) is 8.97. The highest BCUT2D eigenvalue weighted by Crippen LogP contribution is 2.29. The van der Waals surface area contributed by atoms with Gasteiger partial charge in [-0.05, 0) is 42.8 Å². The van der Waals surface area contributed by atoms with E-state index in [1.165, 1.54) is 55.7 Å². The molecule has 5 heteroatoms. The zero-order valence-electron chi connectivity index (χ0n) is 12.1. The van der Waals surface area contributed by atoms with Gasteiger partial charge in [0, 0.05) is 18.7 Å². The fourth-order valence-corrected chi connectivity index (χ4v) is 4.83. The van der Waals surface area contributed by atoms with Crippen molar-refractivity contribution in [1.29, 1.82) is 0 Å². The Morgan fingerprint density at radius 3 is 2.90 bits per heavy atom. The summed E-state index contributed by atoms with van der Waals surface area (Å²) in [7, 11) is 0. The maximum atomic E-state index is 5.76. The minimum absolute atomic E-state index is 0.375. The summed E-state index contributed by atoms with van der Waals surface area (Å²) in [6.45, 7) is 0. The minimum Gasteiger partial charge on any atom is -0.271 e. The number of thioether (sulfide) groups is 1. The molecule has 1 aromatic heterocycles. The van der Waals surface area contributed by atoms with E-state index in [-0.39, 0.29) is 0 Å². The van der Waals surface area contributed by atoms with Crippen LogP contribution in [0.2, 0.25) is 0 Å². The lowest BCUT2D eigenvalue weighted by Gasteiger charge is -2.22. The van der Waals surface area contributed by atoms with E-state index in [1.807, 2.05) is 11.8 Å². The average molecular weight is 294 g/mol. The molecule has 3 N–H and O–H groups in total. The number of aromatic nitrogens is 2. The van der Waals surface area contributed by atoms with Gasteiger partial charge in [-0.3, -0.25) is 16.0 Å². The first-order valence-corrected chi connectivity index (χ1v) is 9.10. The molecule has 0 spiro atoms. The van der Waals surface area contributed by atoms with E-state index < -0.39 is 0 Å². The molecule has 112 valence electrons. The Balaban J connectivity index is 1.60. The molecule has 1 saturated heterocycles. The van der Waals surface area contributed by atoms with Crippen LogP contribution in [0.3, 0.4) is 0 Å². The second-order valence-corrected chi connectivity index (χ2v) is 7.33. The van der Waals surface area contributed by atoms with Crippen molar-refractivity contribution in [2.45, 2.75) is 57.0 Å². The standard InChI is InChI=1S/C15H26N4S/c16-17-15(12-7-9-20-11-12)10-13-6-8-19(18-13)14-4-2-1-3-5-14/h6,8,12,14-15,17H,1-5,7,9-11,16H2. The Bertz CT molecular complexity index is 408. The molecule has 2 heterocycles. The van der Waals surface area contributed by atoms with E-state index >= 15 is 0 Å². The first-order chi connectivity index (χ1) is 9.86. The first-order valence-electron chi connectivity index (χ1n) is 7.94. The van der Waals surface area contributed by atoms with Crippen LogP contribution >= 0.6 is 11.8 Å². The van der Waals surface area contributed by atoms with Crippen LogP contribution in [0.5, 0.6) is 0 Å². The Morgan fingerprint density at radius 2 is 2.20 bits per heavy atom. The van der Waals surface area contributed by atoms with Gasteiger partial charge in [0.25, 0.3) is 0 Å². The van der Waals surface area contributed by atoms with Crippen LogP contribution in [0.1, 0.15) is 50.3 Å². The SMILES string of the molecule is NNC(Cc1ccn(C2CCCCC2)n1)C1CCSC1. The molecule has 2 aliphatic rings. The summed E-state index contributed by atoms with van der Waals surface area (Å²) in [5.41, 5.74) is 4.21. The lowest BCUT2D eigenvalue weighted by atomic mass is 9.96. The van der Waals surface area contributed by atoms with E-state index in [0.29, 0.717) is 18.0 Å². The Labute approximate surface area is 125 Å². The number of rotatable bonds is 5. The highest BCUT2D eigenvalue weighted by molar-refractivity contribution is 7.99. The van der Waals surface area contributed by atoms with Crippen LogP contribution in [-0.2, 0) is 6.42 Å². The van der Waals surface area contributed by atoms with Gasteiger partial charge in [0.15, 0.2) is 0 Å². The third kappa shape index (κ3) is 3.38. The molecule has 0 bridgehead atoms. The van der Waals surface area contributed by atoms with Gasteiger partial charge in [0.2, 0.25) is 0 Å². The molecule has 1 aromatic rings. The molecule has 4 nitrogen and oxygen atoms in total. The van der Waals surface area contributed by atoms with Crippen LogP contribution in [0.15, 0.2) is 12.3 Å². The average Bonchev–Trinajstić information content (AvgIpc) is 3.17. The van der Waals surface area contributed by atoms with Crippen molar-refractivity contribution in [1.82, 2.24) is 15.2 Å². The quantitative estimate of drug-likeness (QED) is 0.647. The molecule has 1 aliphatic heterocycles. The van der Waals surface area contributed by atoms with Gasteiger partial charge in [0.1, 0.15) is 0 Å². The smallest absolute Gasteiger partial charge is 0.0640 e. The van der Waals surface area contributed by atoms with E-state index in [1.54, 1.807) is 0 Å². The van der Waals surface area contributed by atoms with Crippen LogP contribution in [0, 0.1) is 5.92 Å². The number of nitrogens with two attached hydrogens (primary N) is 1. The topological polar surface area (TPSA) is 55.9 Å². The molecule has 0 aromatic carbocycles. The predicted molar refractivity (Wildman–Crippen MR) is 84.6 cm³/mol. The van der Waals surface area contributed by atoms with Gasteiger partial charge in [-0.15, -0.1) is 0 Å². The van der Waals surface area contributed by atoms with E-state index in [9.17, 15) is 0 Å². The van der Waals surface area contributed by atoms with Crippen molar-refractivity contribution in [3.8, 4) is 0 Å². The van der Waals surface area contributed by atoms with E-state index in [2.05, 4.69) is 22.4 Å². The summed E-state index contributed by atoms with van der Waals surface area (Å²) in [6.07, 6.45) is 11.1. The van der Waals surface area contributed by atoms with Gasteiger partial charge in [0.05, 0.1) is 11.7 Å². The lowest BCUT2D eigenvalue weighted by molar-refractivity contribution is 0.325. The maximum absolute atomic E-state index is 5.76. The molecule has 1 aliphatic carbocycles. The Morgan fingerprint density at radius 1 is 1.35 bits per heavy atom. The molecular formula is C15H26N4S. The van der Waals surface area contributed by atoms with Crippen molar-refractivity contribution < 1.29 is 0 Å². The zero-order valence-corrected chi connectivity index (χ0v) is 12.9. The summed E-state index contributed by atoms with van der Waals surface area (Å²) in [5, 5.41) is 4.81. The fraction of sp³-hybridized carbons (Fsp3) is 0.800. The Kier molecular flexibility index (Phi) is 5.02. The number of nitrogens with one attached hydrogen (secondary N) is 1. The van der Waals surface area contributed by atoms with Crippen LogP contribution in [0.4, 0.5) is 0 Å². The molecule has 2 atom stereocenters. The summed E-state index contributed by atoms with van der Waals surface area (Å²) < 4.78 is 2.20. The number of hydrogen-bond donors (Lipinski definition) is 2. The zero-order chi connectivity index (χ0) is 13.8. The highest BCUT2D eigenvalue weighted by atomic mass is 32.2. The third-order valence-electron chi connectivity index (χ3n) is 4.79. The number of hydrazine groups is 1. The second-order valence-electron chi connectivity index (χ2n) is 6.18. The van der Waals surface area contributed by atoms with Crippen molar-refractivity contribution in [2.75, 3.05) is 11.5 Å². The van der Waals surface area contributed by atoms with Crippen molar-refractivity contribution in [3.63, 3.8) is 0 Å². The summed E-state index contributed by atoms with van der Waals surface area (Å²) >= 11 is 2.04. The third-order valence-corrected chi connectivity index (χ3v) is 5.98. The van der Waals surface area contributed by atoms with Crippen molar-refractivity contribution >= 4 is 11.8 Å². The van der Waals surface area contributed by atoms with Gasteiger partial charge in [-0.2, -0.15) is 16.9 Å². The van der Waals surface area contributed by atoms with Crippen molar-refractivity contribution in [2.24, 2.45) is 11.8 Å². The molecule has 2 unspecified atom stereocenters. The normalized spacial score (nSPS) is 25.9. The minimum atomic E-state index is 0.375. The largest absolute Gasteiger partial charge is 0.271 e. The van der Waals surface area contributed by atoms with Crippen LogP contribution < -0.4 is 11.3 Å². The molecule has 1 saturated carbocycles. The molecule has 20 heavy (non-hydrogen) atoms. The van der Waals surface area contributed by atoms with Gasteiger partial charge in [-0.1, -0.05) is 19.3 Å². The van der Waals surface area contributed by atoms with E-state index in [0.717, 1.165) is 6.42 Å². The molecule has 0 amide bonds. The van der Waals surface area contributed by atoms with Gasteiger partial charge >= 0.3 is 0 Å². The lowest BCUT2D eigenvalue weighted by Crippen LogP contribution is -2.42. The fourth-order valence-electron chi connectivity index (χ4n) is 3.49. The van der Waals surface area contributed by atoms with Crippen molar-refractivity contribution in [3.05, 3.63) is 18.0 Å². The molecule has 0 radical (unpaired) electrons. The predicted octanol–water partition coefficient (Wildman–Crippen LogP) is 2.52. The number of hydrogen-bond acceptors (Lipinski definition) is 4.